The molecule has 0 unspecified atom stereocenters. The molecule has 0 atom stereocenters. The van der Waals surface area contributed by atoms with Gasteiger partial charge >= 0.3 is 5.69 Å². The lowest BCUT2D eigenvalue weighted by molar-refractivity contribution is -0.386. The summed E-state index contributed by atoms with van der Waals surface area (Å²) in [5, 5.41) is 39.2. The average Bonchev–Trinajstić information content (AvgIpc) is 2.65. The first kappa shape index (κ1) is 22.5. The summed E-state index contributed by atoms with van der Waals surface area (Å²) >= 11 is 5.08. The number of hydrazone groups is 1. The number of ether oxygens (including phenoxy) is 1. The molecule has 0 aliphatic carbocycles. The number of nitro groups is 2. The molecule has 0 fully saturated rings. The van der Waals surface area contributed by atoms with Crippen LogP contribution in [0.25, 0.3) is 0 Å². The molecule has 0 heterocycles. The van der Waals surface area contributed by atoms with E-state index < -0.39 is 9.85 Å². The molecule has 0 saturated heterocycles. The number of phenolic OH excluding ortho intramolecular Hbond substituents is 1. The molecule has 12 heteroatoms. The Kier molecular flexibility index (Phi) is 7.20. The van der Waals surface area contributed by atoms with Gasteiger partial charge in [0.1, 0.15) is 11.4 Å². The van der Waals surface area contributed by atoms with Gasteiger partial charge in [0.2, 0.25) is 5.75 Å². The first-order chi connectivity index (χ1) is 14.1. The SMILES string of the molecule is C/C(=N\NC(=S)Nc1ccccc1[N+](=O)[O-])c1cc([N+](=O)[O-])c(OC(C)C)cc1O. The van der Waals surface area contributed by atoms with Gasteiger partial charge in [-0.15, -0.1) is 0 Å². The standard InChI is InChI=1S/C18H19N5O6S/c1-10(2)29-17-9-16(24)12(8-15(17)23(27)28)11(3)20-21-18(30)19-13-6-4-5-7-14(13)22(25)26/h4-10,24H,1-3H3,(H2,19,21,30)/b20-11+. The largest absolute Gasteiger partial charge is 0.507 e. The van der Waals surface area contributed by atoms with E-state index >= 15 is 0 Å². The maximum atomic E-state index is 11.3. The average molecular weight is 433 g/mol. The second kappa shape index (κ2) is 9.60. The number of nitrogens with zero attached hydrogens (tertiary/aromatic N) is 3. The van der Waals surface area contributed by atoms with Gasteiger partial charge in [0.15, 0.2) is 5.11 Å². The highest BCUT2D eigenvalue weighted by molar-refractivity contribution is 7.80. The topological polar surface area (TPSA) is 152 Å². The van der Waals surface area contributed by atoms with Crippen LogP contribution in [0.4, 0.5) is 17.1 Å². The number of nitro benzene ring substituents is 2. The third-order valence-corrected chi connectivity index (χ3v) is 3.89. The quantitative estimate of drug-likeness (QED) is 0.257. The van der Waals surface area contributed by atoms with Crippen molar-refractivity contribution in [2.24, 2.45) is 5.10 Å². The molecular formula is C18H19N5O6S. The number of nitrogens with one attached hydrogen (secondary N) is 2. The highest BCUT2D eigenvalue weighted by Gasteiger charge is 2.21. The number of para-hydroxylation sites is 2. The number of anilines is 1. The van der Waals surface area contributed by atoms with Crippen molar-refractivity contribution >= 4 is 40.1 Å². The molecular weight excluding hydrogens is 414 g/mol. The predicted molar refractivity (Wildman–Crippen MR) is 115 cm³/mol. The molecule has 30 heavy (non-hydrogen) atoms. The molecule has 0 radical (unpaired) electrons. The van der Waals surface area contributed by atoms with Gasteiger partial charge in [-0.05, 0) is 39.1 Å². The van der Waals surface area contributed by atoms with E-state index in [9.17, 15) is 25.3 Å². The van der Waals surface area contributed by atoms with E-state index in [0.29, 0.717) is 0 Å². The van der Waals surface area contributed by atoms with Crippen molar-refractivity contribution < 1.29 is 19.7 Å². The molecule has 2 rings (SSSR count). The van der Waals surface area contributed by atoms with E-state index in [2.05, 4.69) is 15.8 Å². The molecule has 0 spiro atoms. The fraction of sp³-hybridized carbons (Fsp3) is 0.222. The first-order valence-corrected chi connectivity index (χ1v) is 9.04. The highest BCUT2D eigenvalue weighted by Crippen LogP contribution is 2.35. The summed E-state index contributed by atoms with van der Waals surface area (Å²) in [6.45, 7) is 4.91. The lowest BCUT2D eigenvalue weighted by Gasteiger charge is -2.13. The lowest BCUT2D eigenvalue weighted by Crippen LogP contribution is -2.25. The van der Waals surface area contributed by atoms with Gasteiger partial charge in [0.05, 0.1) is 21.7 Å². The van der Waals surface area contributed by atoms with Crippen LogP contribution in [-0.2, 0) is 0 Å². The highest BCUT2D eigenvalue weighted by atomic mass is 32.1. The Morgan fingerprint density at radius 2 is 1.80 bits per heavy atom. The molecule has 0 saturated carbocycles. The van der Waals surface area contributed by atoms with Gasteiger partial charge < -0.3 is 15.2 Å². The third kappa shape index (κ3) is 5.61. The van der Waals surface area contributed by atoms with Crippen LogP contribution in [-0.4, -0.2) is 31.9 Å². The van der Waals surface area contributed by atoms with E-state index in [1.54, 1.807) is 19.9 Å². The second-order valence-electron chi connectivity index (χ2n) is 6.30. The van der Waals surface area contributed by atoms with Gasteiger partial charge in [0.25, 0.3) is 5.69 Å². The Morgan fingerprint density at radius 3 is 2.40 bits per heavy atom. The Labute approximate surface area is 176 Å². The summed E-state index contributed by atoms with van der Waals surface area (Å²) < 4.78 is 5.37. The maximum absolute atomic E-state index is 11.3. The molecule has 0 bridgehead atoms. The number of rotatable bonds is 7. The van der Waals surface area contributed by atoms with Crippen molar-refractivity contribution in [3.63, 3.8) is 0 Å². The van der Waals surface area contributed by atoms with E-state index in [1.807, 2.05) is 0 Å². The van der Waals surface area contributed by atoms with Crippen molar-refractivity contribution in [1.29, 1.82) is 0 Å². The molecule has 3 N–H and O–H groups in total. The molecule has 158 valence electrons. The van der Waals surface area contributed by atoms with Crippen LogP contribution in [0.2, 0.25) is 0 Å². The normalized spacial score (nSPS) is 11.1. The van der Waals surface area contributed by atoms with Crippen molar-refractivity contribution in [2.45, 2.75) is 26.9 Å². The number of hydrogen-bond donors (Lipinski definition) is 3. The zero-order valence-electron chi connectivity index (χ0n) is 16.3. The Hall–Kier alpha value is -3.80. The minimum Gasteiger partial charge on any atom is -0.507 e. The number of aromatic hydroxyl groups is 1. The predicted octanol–water partition coefficient (Wildman–Crippen LogP) is 3.71. The smallest absolute Gasteiger partial charge is 0.311 e. The van der Waals surface area contributed by atoms with Gasteiger partial charge in [-0.25, -0.2) is 0 Å². The zero-order valence-corrected chi connectivity index (χ0v) is 17.1. The Bertz CT molecular complexity index is 1020. The summed E-state index contributed by atoms with van der Waals surface area (Å²) in [6, 6.07) is 8.21. The number of benzene rings is 2. The van der Waals surface area contributed by atoms with Crippen molar-refractivity contribution in [1.82, 2.24) is 5.43 Å². The maximum Gasteiger partial charge on any atom is 0.311 e. The van der Waals surface area contributed by atoms with E-state index in [1.165, 1.54) is 25.1 Å². The molecule has 2 aromatic carbocycles. The first-order valence-electron chi connectivity index (χ1n) is 8.63. The second-order valence-corrected chi connectivity index (χ2v) is 6.71. The van der Waals surface area contributed by atoms with Crippen LogP contribution in [0, 0.1) is 20.2 Å². The van der Waals surface area contributed by atoms with Crippen molar-refractivity contribution in [3.8, 4) is 11.5 Å². The fourth-order valence-electron chi connectivity index (χ4n) is 2.42. The fourth-order valence-corrected chi connectivity index (χ4v) is 2.58. The van der Waals surface area contributed by atoms with Gasteiger partial charge in [0, 0.05) is 23.8 Å². The monoisotopic (exact) mass is 433 g/mol. The molecule has 11 nitrogen and oxygen atoms in total. The van der Waals surface area contributed by atoms with Crippen LogP contribution < -0.4 is 15.5 Å². The van der Waals surface area contributed by atoms with Crippen LogP contribution in [0.1, 0.15) is 26.3 Å². The molecule has 0 aliphatic heterocycles. The minimum absolute atomic E-state index is 0.0441. The van der Waals surface area contributed by atoms with Gasteiger partial charge in [-0.3, -0.25) is 25.7 Å². The number of hydrogen-bond acceptors (Lipinski definition) is 8. The van der Waals surface area contributed by atoms with Crippen molar-refractivity contribution in [3.05, 3.63) is 62.2 Å². The summed E-state index contributed by atoms with van der Waals surface area (Å²) in [4.78, 5) is 21.2. The van der Waals surface area contributed by atoms with Crippen LogP contribution in [0.15, 0.2) is 41.5 Å². The van der Waals surface area contributed by atoms with E-state index in [-0.39, 0.29) is 51.1 Å². The molecule has 0 amide bonds. The Balaban J connectivity index is 2.23. The van der Waals surface area contributed by atoms with Gasteiger partial charge in [-0.2, -0.15) is 5.10 Å². The van der Waals surface area contributed by atoms with E-state index in [0.717, 1.165) is 12.1 Å². The van der Waals surface area contributed by atoms with Crippen LogP contribution in [0.5, 0.6) is 11.5 Å². The summed E-state index contributed by atoms with van der Waals surface area (Å²) in [5.41, 5.74) is 2.45. The molecule has 0 aromatic heterocycles. The number of phenols is 1. The molecule has 0 aliphatic rings. The summed E-state index contributed by atoms with van der Waals surface area (Å²) in [5.74, 6) is -0.331. The van der Waals surface area contributed by atoms with Gasteiger partial charge in [-0.1, -0.05) is 12.1 Å². The summed E-state index contributed by atoms with van der Waals surface area (Å²) in [6.07, 6.45) is -0.323. The lowest BCUT2D eigenvalue weighted by atomic mass is 10.1. The Morgan fingerprint density at radius 1 is 1.17 bits per heavy atom. The third-order valence-electron chi connectivity index (χ3n) is 3.70. The van der Waals surface area contributed by atoms with Crippen LogP contribution >= 0.6 is 12.2 Å². The van der Waals surface area contributed by atoms with E-state index in [4.69, 9.17) is 17.0 Å². The number of thiocarbonyl (C=S) groups is 1. The zero-order chi connectivity index (χ0) is 22.4. The van der Waals surface area contributed by atoms with Crippen LogP contribution in [0.3, 0.4) is 0 Å². The minimum atomic E-state index is -0.623. The molecule has 2 aromatic rings. The van der Waals surface area contributed by atoms with Crippen molar-refractivity contribution in [2.75, 3.05) is 5.32 Å². The summed E-state index contributed by atoms with van der Waals surface area (Å²) in [7, 11) is 0.